The van der Waals surface area contributed by atoms with Gasteiger partial charge in [-0.05, 0) is 112 Å². The molecule has 308 valence electrons. The smallest absolute Gasteiger partial charge is 0.0541 e. The quantitative estimate of drug-likeness (QED) is 0.136. The molecule has 2 bridgehead atoms. The highest BCUT2D eigenvalue weighted by molar-refractivity contribution is 5.89. The van der Waals surface area contributed by atoms with Crippen molar-refractivity contribution in [2.24, 2.45) is 0 Å². The maximum atomic E-state index is 4.66. The number of nitrogens with one attached hydrogen (secondary N) is 1. The molecule has 63 heavy (non-hydrogen) atoms. The van der Waals surface area contributed by atoms with Crippen LogP contribution in [0.15, 0.2) is 200 Å². The summed E-state index contributed by atoms with van der Waals surface area (Å²) in [7, 11) is 0. The second-order valence-corrected chi connectivity index (χ2v) is 17.2. The Morgan fingerprint density at radius 1 is 0.730 bits per heavy atom. The van der Waals surface area contributed by atoms with Crippen molar-refractivity contribution < 1.29 is 0 Å². The molecule has 2 heteroatoms. The predicted molar refractivity (Wildman–Crippen MR) is 270 cm³/mol. The minimum Gasteiger partial charge on any atom is -0.361 e. The van der Waals surface area contributed by atoms with E-state index in [0.717, 1.165) is 35.4 Å². The molecule has 10 rings (SSSR count). The lowest BCUT2D eigenvalue weighted by atomic mass is 9.84. The van der Waals surface area contributed by atoms with Gasteiger partial charge >= 0.3 is 0 Å². The van der Waals surface area contributed by atoms with Crippen molar-refractivity contribution in [2.75, 3.05) is 5.32 Å². The SMILES string of the molecule is C=c1\c2c3cc(-c4ccccc4)ccc3n1-c1cc([C@@H]3C=CC(c4ccccc4N/C=C/C=C(\C=C/c4ccc(C5CCCCC5)cc4)c4ccccc4)=CC3)ccc1C/C=C\C=2. The molecule has 2 heterocycles. The molecule has 2 nitrogen and oxygen atoms in total. The van der Waals surface area contributed by atoms with Crippen LogP contribution in [0.2, 0.25) is 0 Å². The normalized spacial score (nSPS) is 17.7. The van der Waals surface area contributed by atoms with Crippen molar-refractivity contribution in [1.82, 2.24) is 4.57 Å². The Labute approximate surface area is 372 Å². The minimum absolute atomic E-state index is 0.275. The van der Waals surface area contributed by atoms with E-state index in [9.17, 15) is 0 Å². The highest BCUT2D eigenvalue weighted by atomic mass is 15.0. The third-order valence-corrected chi connectivity index (χ3v) is 13.3. The molecule has 0 saturated heterocycles. The summed E-state index contributed by atoms with van der Waals surface area (Å²) in [6, 6.07) is 53.0. The fourth-order valence-electron chi connectivity index (χ4n) is 9.79. The minimum atomic E-state index is 0.275. The van der Waals surface area contributed by atoms with Gasteiger partial charge in [0.2, 0.25) is 0 Å². The zero-order valence-corrected chi connectivity index (χ0v) is 36.0. The van der Waals surface area contributed by atoms with Crippen LogP contribution in [0.4, 0.5) is 5.69 Å². The van der Waals surface area contributed by atoms with Crippen molar-refractivity contribution >= 4 is 46.5 Å². The van der Waals surface area contributed by atoms with Crippen LogP contribution in [0.25, 0.3) is 57.6 Å². The summed E-state index contributed by atoms with van der Waals surface area (Å²) in [5, 5.41) is 7.05. The summed E-state index contributed by atoms with van der Waals surface area (Å²) in [5.74, 6) is 1.000. The topological polar surface area (TPSA) is 17.0 Å². The summed E-state index contributed by atoms with van der Waals surface area (Å²) in [6.07, 6.45) is 33.2. The van der Waals surface area contributed by atoms with Crippen LogP contribution in [-0.4, -0.2) is 4.57 Å². The zero-order valence-electron chi connectivity index (χ0n) is 36.0. The van der Waals surface area contributed by atoms with Gasteiger partial charge in [0.15, 0.2) is 0 Å². The Morgan fingerprint density at radius 2 is 1.51 bits per heavy atom. The van der Waals surface area contributed by atoms with Crippen molar-refractivity contribution in [3.63, 3.8) is 0 Å². The third kappa shape index (κ3) is 8.68. The van der Waals surface area contributed by atoms with E-state index >= 15 is 0 Å². The molecule has 1 fully saturated rings. The van der Waals surface area contributed by atoms with E-state index in [4.69, 9.17) is 0 Å². The summed E-state index contributed by atoms with van der Waals surface area (Å²) >= 11 is 0. The van der Waals surface area contributed by atoms with Gasteiger partial charge in [-0.1, -0.05) is 202 Å². The van der Waals surface area contributed by atoms with Gasteiger partial charge in [-0.3, -0.25) is 0 Å². The highest BCUT2D eigenvalue weighted by Crippen LogP contribution is 2.36. The molecule has 1 atom stereocenters. The maximum Gasteiger partial charge on any atom is 0.0541 e. The second kappa shape index (κ2) is 18.4. The number of hydrogen-bond donors (Lipinski definition) is 1. The van der Waals surface area contributed by atoms with E-state index in [-0.39, 0.29) is 5.92 Å². The molecule has 3 aliphatic rings. The standard InChI is InChI=1S/C61H54N2/c1-44-56-24-12-11-22-53-37-38-55(43-61(53)63(44)60-40-39-54(42-58(56)60)48-20-9-4-10-21-48)51-33-35-52(36-34-51)57-25-13-14-26-59(57)62-41-15-23-49(46-16-5-2-6-17-46)30-27-45-28-31-50(32-29-45)47-18-7-3-8-19-47/h2,4-6,9-17,20-21,23-33,35-43,47,51,62H,1,3,7-8,18-19,22,34H2/b12-11-,30-27-,41-15+,49-23+,56-24+/t51-/m1/s1. The number of benzene rings is 6. The van der Waals surface area contributed by atoms with Gasteiger partial charge in [0.05, 0.1) is 5.52 Å². The monoisotopic (exact) mass is 814 g/mol. The fourth-order valence-corrected chi connectivity index (χ4v) is 9.79. The molecular weight excluding hydrogens is 761 g/mol. The van der Waals surface area contributed by atoms with Gasteiger partial charge in [-0.25, -0.2) is 0 Å². The molecular formula is C61H54N2. The van der Waals surface area contributed by atoms with Crippen LogP contribution in [0, 0.1) is 0 Å². The number of nitrogens with zero attached hydrogens (tertiary/aromatic N) is 1. The van der Waals surface area contributed by atoms with Gasteiger partial charge in [0, 0.05) is 45.0 Å². The van der Waals surface area contributed by atoms with E-state index in [1.54, 1.807) is 0 Å². The van der Waals surface area contributed by atoms with Crippen molar-refractivity contribution in [2.45, 2.75) is 56.8 Å². The van der Waals surface area contributed by atoms with E-state index in [2.05, 4.69) is 223 Å². The van der Waals surface area contributed by atoms with E-state index < -0.39 is 0 Å². The number of hydrogen-bond acceptors (Lipinski definition) is 1. The first-order valence-electron chi connectivity index (χ1n) is 22.8. The summed E-state index contributed by atoms with van der Waals surface area (Å²) < 4.78 is 2.38. The average molecular weight is 815 g/mol. The van der Waals surface area contributed by atoms with Crippen LogP contribution in [0.3, 0.4) is 0 Å². The van der Waals surface area contributed by atoms with Crippen LogP contribution < -0.4 is 15.9 Å². The van der Waals surface area contributed by atoms with Crippen LogP contribution in [0.1, 0.15) is 83.7 Å². The second-order valence-electron chi connectivity index (χ2n) is 17.2. The van der Waals surface area contributed by atoms with E-state index in [1.165, 1.54) is 104 Å². The first-order chi connectivity index (χ1) is 31.2. The number of allylic oxidation sites excluding steroid dienone is 10. The van der Waals surface area contributed by atoms with Crippen LogP contribution in [0.5, 0.6) is 0 Å². The summed E-state index contributed by atoms with van der Waals surface area (Å²) in [6.45, 7) is 4.66. The predicted octanol–water partition coefficient (Wildman–Crippen LogP) is 14.5. The summed E-state index contributed by atoms with van der Waals surface area (Å²) in [5.41, 5.74) is 16.1. The van der Waals surface area contributed by atoms with Crippen LogP contribution in [-0.2, 0) is 6.42 Å². The van der Waals surface area contributed by atoms with E-state index in [1.807, 2.05) is 6.20 Å². The maximum absolute atomic E-state index is 4.66. The first kappa shape index (κ1) is 39.9. The van der Waals surface area contributed by atoms with Gasteiger partial charge in [0.25, 0.3) is 0 Å². The van der Waals surface area contributed by atoms with Crippen molar-refractivity contribution in [3.05, 3.63) is 244 Å². The first-order valence-corrected chi connectivity index (χ1v) is 22.8. The number of anilines is 1. The Bertz CT molecular complexity index is 3050. The molecule has 0 spiro atoms. The lowest BCUT2D eigenvalue weighted by Crippen LogP contribution is -2.26. The molecule has 1 aliphatic heterocycles. The zero-order chi connectivity index (χ0) is 42.4. The van der Waals surface area contributed by atoms with Gasteiger partial charge < -0.3 is 9.88 Å². The van der Waals surface area contributed by atoms with Crippen LogP contribution >= 0.6 is 0 Å². The van der Waals surface area contributed by atoms with Gasteiger partial charge in [-0.15, -0.1) is 0 Å². The number of rotatable bonds is 10. The van der Waals surface area contributed by atoms with Crippen molar-refractivity contribution in [1.29, 1.82) is 0 Å². The molecule has 1 N–H and O–H groups in total. The molecule has 0 amide bonds. The Balaban J connectivity index is 0.865. The van der Waals surface area contributed by atoms with Gasteiger partial charge in [-0.2, -0.15) is 0 Å². The highest BCUT2D eigenvalue weighted by Gasteiger charge is 2.19. The van der Waals surface area contributed by atoms with E-state index in [0.29, 0.717) is 0 Å². The number of aromatic nitrogens is 1. The Kier molecular flexibility index (Phi) is 11.7. The lowest BCUT2D eigenvalue weighted by Gasteiger charge is -2.21. The molecule has 0 radical (unpaired) electrons. The average Bonchev–Trinajstić information content (AvgIpc) is 3.66. The molecule has 0 unspecified atom stereocenters. The fraction of sp³-hybridized carbons (Fsp3) is 0.148. The molecule has 1 saturated carbocycles. The molecule has 1 aromatic heterocycles. The summed E-state index contributed by atoms with van der Waals surface area (Å²) in [4.78, 5) is 0. The Hall–Kier alpha value is -7.16. The third-order valence-electron chi connectivity index (χ3n) is 13.3. The number of para-hydroxylation sites is 1. The molecule has 2 aliphatic carbocycles. The van der Waals surface area contributed by atoms with Crippen molar-refractivity contribution in [3.8, 4) is 16.8 Å². The Morgan fingerprint density at radius 3 is 2.32 bits per heavy atom. The molecule has 6 aromatic carbocycles. The van der Waals surface area contributed by atoms with Gasteiger partial charge in [0.1, 0.15) is 0 Å². The molecule has 7 aromatic rings. The number of fused-ring (bicyclic) bond motifs is 7. The lowest BCUT2D eigenvalue weighted by molar-refractivity contribution is 0.443. The largest absolute Gasteiger partial charge is 0.361 e.